The Bertz CT molecular complexity index is 6370. The SMILES string of the molecule is COP(=O)(OC[C@H]1O[C@@H](n2cnc3c(=O)[nH]c(N)nc32)CC1OP(=O)(OC)OC[C@H]1O[C@@H](n2cnc3c(N)ncnc32)CC1OP(=O)(OC)OC[C@H]1O[C@@H](n2ccc(N)nc2=O)CC1O)OC1C[C@H](n2cc(C)c(=O)[nH]c2=O)O[C@@H]1CO.C[O+]=C1C=CC(=C(c2ccccc2)c2ccc(OCCCOP(=O)(OCCC#N)OC[Si]3O[Si]O[Si]4O[Si]5O[Si]O[Si](CCO)O[Si](CCO)(O5)O[Si](CCO)(O3)O4)cc2)C=C1. The van der Waals surface area contributed by atoms with Gasteiger partial charge in [-0.2, -0.15) is 15.2 Å². The molecule has 0 saturated carbocycles. The number of aromatic amines is 2. The van der Waals surface area contributed by atoms with Crippen LogP contribution in [0.25, 0.3) is 27.9 Å². The van der Waals surface area contributed by atoms with Crippen LogP contribution in [0.5, 0.6) is 5.75 Å². The molecule has 0 amide bonds. The monoisotopic (exact) mass is 2230 g/mol. The van der Waals surface area contributed by atoms with Gasteiger partial charge in [0.15, 0.2) is 22.6 Å². The van der Waals surface area contributed by atoms with Crippen molar-refractivity contribution in [2.24, 2.45) is 0 Å². The zero-order valence-corrected chi connectivity index (χ0v) is 88.5. The number of nitrogens with zero attached hydrogens (tertiary/aromatic N) is 11. The number of ether oxygens (including phenoxy) is 5. The average molecular weight is 2230 g/mol. The van der Waals surface area contributed by atoms with Crippen molar-refractivity contribution in [3.05, 3.63) is 180 Å². The van der Waals surface area contributed by atoms with Crippen LogP contribution in [0.1, 0.15) is 80.1 Å². The van der Waals surface area contributed by atoms with E-state index in [2.05, 4.69) is 52.0 Å². The maximum Gasteiger partial charge on any atom is 0.551 e. The quantitative estimate of drug-likeness (QED) is 0.0112. The number of imidazole rings is 2. The zero-order chi connectivity index (χ0) is 102. The van der Waals surface area contributed by atoms with Gasteiger partial charge in [-0.15, -0.1) is 0 Å². The molecule has 57 nitrogen and oxygen atoms in total. The number of hydrogen-bond acceptors (Lipinski definition) is 50. The number of phosphoric acid groups is 4. The second kappa shape index (κ2) is 50.0. The van der Waals surface area contributed by atoms with Gasteiger partial charge in [0.2, 0.25) is 5.95 Å². The number of rotatable bonds is 43. The van der Waals surface area contributed by atoms with Gasteiger partial charge in [0.25, 0.3) is 18.2 Å². The molecule has 13 heterocycles. The molecule has 7 aliphatic heterocycles. The summed E-state index contributed by atoms with van der Waals surface area (Å²) >= 11 is 0. The number of aliphatic hydroxyl groups excluding tert-OH is 5. The summed E-state index contributed by atoms with van der Waals surface area (Å²) in [5, 5.41) is 60.1. The van der Waals surface area contributed by atoms with E-state index in [9.17, 15) is 63.0 Å². The Morgan fingerprint density at radius 3 is 1.76 bits per heavy atom. The number of hydrogen-bond donors (Lipinski definition) is 10. The number of nitrogens with two attached hydrogens (primary N) is 3. The number of H-pyrrole nitrogens is 2. The van der Waals surface area contributed by atoms with Gasteiger partial charge in [0, 0.05) is 121 Å². The fraction of sp³-hybridized carbons (Fsp3) is 0.493. The van der Waals surface area contributed by atoms with Gasteiger partial charge >= 0.3 is 124 Å². The number of nitriles is 1. The fourth-order valence-corrected chi connectivity index (χ4v) is 42.2. The zero-order valence-electron chi connectivity index (χ0n) is 76.9. The molecule has 8 radical (unpaired) electrons. The first-order valence-corrected chi connectivity index (χ1v) is 60.7. The highest BCUT2D eigenvalue weighted by Gasteiger charge is 2.63. The summed E-state index contributed by atoms with van der Waals surface area (Å²) in [5.41, 5.74) is 19.3. The van der Waals surface area contributed by atoms with E-state index < -0.39 is 249 Å². The third-order valence-electron chi connectivity index (χ3n) is 22.1. The minimum Gasteiger partial charge on any atom is -0.494 e. The maximum atomic E-state index is 14.8. The van der Waals surface area contributed by atoms with Gasteiger partial charge in [-0.3, -0.25) is 96.5 Å². The number of nitrogens with one attached hydrogen (secondary N) is 2. The van der Waals surface area contributed by atoms with E-state index in [-0.39, 0.29) is 129 Å². The molecule has 4 bridgehead atoms. The molecular formula is C75H99N16O41P4Si8+. The molecule has 7 fully saturated rings. The topological polar surface area (TPSA) is 729 Å². The van der Waals surface area contributed by atoms with Gasteiger partial charge in [0.1, 0.15) is 97.3 Å². The Morgan fingerprint density at radius 1 is 0.597 bits per heavy atom. The summed E-state index contributed by atoms with van der Waals surface area (Å²) in [6.07, 6.45) is -0.986. The Labute approximate surface area is 831 Å². The molecule has 6 aromatic heterocycles. The molecule has 69 heteroatoms. The number of fused-ring (bicyclic) bond motifs is 6. The molecule has 776 valence electrons. The van der Waals surface area contributed by atoms with Crippen LogP contribution < -0.4 is 44.4 Å². The lowest BCUT2D eigenvalue weighted by Gasteiger charge is -2.45. The number of phosphoric ester groups is 4. The summed E-state index contributed by atoms with van der Waals surface area (Å²) in [5.74, 6) is 1.16. The third kappa shape index (κ3) is 27.6. The van der Waals surface area contributed by atoms with Crippen molar-refractivity contribution in [3.63, 3.8) is 0 Å². The van der Waals surface area contributed by atoms with Gasteiger partial charge in [-0.25, -0.2) is 47.8 Å². The standard InChI is InChI=1S/C42H56N15O22P3.C33H43NO19PSi8/c1-19-11-55(42(63)53-38(19)60)30-8-21(24(12-58)73-30)77-81(65,68-3)71-15-27-23(10-32(76-27)57-18-49-34-37(57)51-40(45)52-39(34)61)79-82(66,69-4)72-14-26-22(9-31(75-26)56-17-48-33-35(44)46-16-47-36(33)56)78-80(64,67-2)70-13-25-20(59)7-29(74-25)54-6-5-28(43)50-41(54)62;1-39-31-13-9-29(10-14-31)33(28-7-3-2-4-8-28)30-11-15-32(16-12-30)40-21-6-23-42-54(38,41-22-5-17-34)43-27-58-45-56-47-60-48-59-46-55-44-57(24-18-35)49-61(51-59,25-19-36)53-62(50-58,52-60)26-20-37/h5-6,11,16-18,20-27,29-32,58-59H,7-10,12-15H2,1-4H3,(H2,43,50,62)(H2,44,46,47)(H,53,60,63)(H3,45,51,52,61);2-4,7-16,35-37H,5-6,18-27H2,1H3/q;+1/t20?,21?,22?,23?,24-,25-,26-,27-,29-,30-,31-,32-,80?,81?,82?;/m1./s1. The number of allylic oxidation sites excluding steroid dienone is 5. The second-order valence-corrected chi connectivity index (χ2v) is 53.9. The van der Waals surface area contributed by atoms with Crippen LogP contribution in [0.3, 0.4) is 0 Å². The number of aryl methyl sites for hydroxylation is 1. The van der Waals surface area contributed by atoms with Crippen molar-refractivity contribution in [2.75, 3.05) is 118 Å². The average Bonchev–Trinajstić information content (AvgIpc) is 1.39. The highest BCUT2D eigenvalue weighted by molar-refractivity contribution is 7.49. The molecule has 1 aliphatic carbocycles. The van der Waals surface area contributed by atoms with E-state index in [0.717, 1.165) is 58.5 Å². The second-order valence-electron chi connectivity index (χ2n) is 31.5. The van der Waals surface area contributed by atoms with E-state index >= 15 is 0 Å². The smallest absolute Gasteiger partial charge is 0.494 e. The van der Waals surface area contributed by atoms with Crippen LogP contribution in [0.2, 0.25) is 18.1 Å². The van der Waals surface area contributed by atoms with Gasteiger partial charge in [-0.1, -0.05) is 42.5 Å². The lowest BCUT2D eigenvalue weighted by atomic mass is 9.91. The Hall–Kier alpha value is -8.10. The Balaban J connectivity index is 0.000000226. The normalized spacial score (nSPS) is 26.7. The van der Waals surface area contributed by atoms with Crippen molar-refractivity contribution in [2.45, 2.75) is 137 Å². The predicted molar refractivity (Wildman–Crippen MR) is 501 cm³/mol. The third-order valence-corrected chi connectivity index (χ3v) is 47.2. The van der Waals surface area contributed by atoms with Gasteiger partial charge < -0.3 is 108 Å². The van der Waals surface area contributed by atoms with Crippen LogP contribution in [-0.2, 0) is 137 Å². The number of carbonyl (C=O) groups excluding carboxylic acids is 1. The maximum absolute atomic E-state index is 14.8. The van der Waals surface area contributed by atoms with Crippen LogP contribution in [0.15, 0.2) is 141 Å². The minimum atomic E-state index is -4.82. The molecule has 144 heavy (non-hydrogen) atoms. The number of aromatic nitrogens is 12. The van der Waals surface area contributed by atoms with E-state index in [1.165, 1.54) is 53.5 Å². The molecule has 16 rings (SSSR count). The number of ketones is 1. The molecular weight excluding hydrogens is 2130 g/mol. The minimum absolute atomic E-state index is 0.0221. The Morgan fingerprint density at radius 2 is 1.16 bits per heavy atom. The number of benzene rings is 2. The Kier molecular flexibility index (Phi) is 38.2. The fourth-order valence-electron chi connectivity index (χ4n) is 15.2. The van der Waals surface area contributed by atoms with E-state index in [4.69, 9.17) is 146 Å². The summed E-state index contributed by atoms with van der Waals surface area (Å²) in [4.78, 5) is 79.2. The van der Waals surface area contributed by atoms with Crippen LogP contribution >= 0.6 is 31.3 Å². The first-order chi connectivity index (χ1) is 69.3. The van der Waals surface area contributed by atoms with Crippen molar-refractivity contribution in [1.82, 2.24) is 58.1 Å². The molecule has 7 saturated heterocycles. The van der Waals surface area contributed by atoms with Crippen molar-refractivity contribution in [1.29, 1.82) is 5.26 Å². The van der Waals surface area contributed by atoms with E-state index in [1.807, 2.05) is 72.8 Å². The van der Waals surface area contributed by atoms with E-state index in [1.54, 1.807) is 7.11 Å². The van der Waals surface area contributed by atoms with Crippen LogP contribution in [0.4, 0.5) is 17.6 Å². The number of nitrogen functional groups attached to an aromatic ring is 3. The number of anilines is 3. The van der Waals surface area contributed by atoms with E-state index in [0.29, 0.717) is 5.75 Å². The van der Waals surface area contributed by atoms with Crippen molar-refractivity contribution >= 4 is 158 Å². The summed E-state index contributed by atoms with van der Waals surface area (Å²) in [6, 6.07) is 20.9. The molecule has 13 N–H and O–H groups in total. The molecule has 18 atom stereocenters. The molecule has 2 aromatic carbocycles. The predicted octanol–water partition coefficient (Wildman–Crippen LogP) is 1.60. The molecule has 8 aromatic rings. The lowest BCUT2D eigenvalue weighted by molar-refractivity contribution is -0.417. The molecule has 0 spiro atoms. The van der Waals surface area contributed by atoms with Crippen molar-refractivity contribution in [3.8, 4) is 11.8 Å². The van der Waals surface area contributed by atoms with Crippen molar-refractivity contribution < 1.29 is 167 Å². The van der Waals surface area contributed by atoms with Crippen LogP contribution in [0, 0.1) is 18.3 Å². The number of aliphatic hydroxyl groups is 5. The van der Waals surface area contributed by atoms with Gasteiger partial charge in [-0.05, 0) is 59.5 Å². The highest BCUT2D eigenvalue weighted by atomic mass is 31.2. The summed E-state index contributed by atoms with van der Waals surface area (Å²) < 4.78 is 227. The van der Waals surface area contributed by atoms with Crippen LogP contribution in [-0.4, -0.2) is 314 Å². The summed E-state index contributed by atoms with van der Waals surface area (Å²) in [6.45, 7) is -2.50. The molecule has 10 unspecified atom stereocenters. The summed E-state index contributed by atoms with van der Waals surface area (Å²) in [7, 11) is -33.5. The molecule has 8 aliphatic rings. The largest absolute Gasteiger partial charge is 0.551 e. The van der Waals surface area contributed by atoms with Gasteiger partial charge in [0.05, 0.1) is 77.5 Å². The highest BCUT2D eigenvalue weighted by Crippen LogP contribution is 2.58. The first kappa shape index (κ1) is 110. The lowest BCUT2D eigenvalue weighted by Crippen LogP contribution is -2.70. The first-order valence-electron chi connectivity index (χ1n) is 43.8.